The summed E-state index contributed by atoms with van der Waals surface area (Å²) in [6.45, 7) is 6.91. The number of hydrogen-bond acceptors (Lipinski definition) is 4. The van der Waals surface area contributed by atoms with Gasteiger partial charge < -0.3 is 19.9 Å². The quantitative estimate of drug-likeness (QED) is 0.342. The maximum Gasteiger partial charge on any atom is 0.376 e. The zero-order chi connectivity index (χ0) is 21.3. The maximum absolute atomic E-state index is 11.5. The molecule has 0 atom stereocenters. The summed E-state index contributed by atoms with van der Waals surface area (Å²) in [7, 11) is 0. The van der Waals surface area contributed by atoms with Crippen molar-refractivity contribution in [3.63, 3.8) is 0 Å². The van der Waals surface area contributed by atoms with E-state index in [9.17, 15) is 19.8 Å². The Balaban J connectivity index is 2.05. The number of benzene rings is 2. The van der Waals surface area contributed by atoms with Crippen LogP contribution in [-0.4, -0.2) is 31.6 Å². The topological polar surface area (TPSA) is 99.8 Å². The third kappa shape index (κ3) is 4.16. The lowest BCUT2D eigenvalue weighted by Crippen LogP contribution is -2.11. The van der Waals surface area contributed by atoms with E-state index in [0.717, 1.165) is 5.56 Å². The summed E-state index contributed by atoms with van der Waals surface area (Å²) in [6.07, 6.45) is 2.25. The number of rotatable bonds is 5. The number of carboxylic acid groups (broad SMARTS) is 1. The number of carboxylic acids is 1. The molecule has 6 nitrogen and oxygen atoms in total. The first-order valence-corrected chi connectivity index (χ1v) is 9.16. The summed E-state index contributed by atoms with van der Waals surface area (Å²) >= 11 is 0. The molecule has 0 spiro atoms. The predicted octanol–water partition coefficient (Wildman–Crippen LogP) is 4.25. The summed E-state index contributed by atoms with van der Waals surface area (Å²) in [6, 6.07) is 13.1. The van der Waals surface area contributed by atoms with Crippen molar-refractivity contribution < 1.29 is 24.9 Å². The van der Waals surface area contributed by atoms with E-state index in [0.29, 0.717) is 23.5 Å². The van der Waals surface area contributed by atoms with Crippen LogP contribution in [0.3, 0.4) is 0 Å². The molecular formula is C23H23NO5. The van der Waals surface area contributed by atoms with E-state index in [1.165, 1.54) is 11.6 Å². The Morgan fingerprint density at radius 1 is 1.03 bits per heavy atom. The number of nitrogens with zero attached hydrogens (tertiary/aromatic N) is 1. The summed E-state index contributed by atoms with van der Waals surface area (Å²) in [4.78, 5) is 22.2. The molecule has 0 fully saturated rings. The van der Waals surface area contributed by atoms with E-state index in [-0.39, 0.29) is 16.7 Å². The molecule has 0 aliphatic rings. The van der Waals surface area contributed by atoms with E-state index in [1.807, 2.05) is 16.7 Å². The number of carbonyl (C=O) groups is 2. The van der Waals surface area contributed by atoms with Crippen LogP contribution in [0.2, 0.25) is 0 Å². The molecule has 3 N–H and O–H groups in total. The molecule has 0 saturated heterocycles. The Kier molecular flexibility index (Phi) is 5.20. The molecule has 29 heavy (non-hydrogen) atoms. The van der Waals surface area contributed by atoms with E-state index >= 15 is 0 Å². The minimum atomic E-state index is -1.66. The zero-order valence-corrected chi connectivity index (χ0v) is 16.5. The smallest absolute Gasteiger partial charge is 0.376 e. The first kappa shape index (κ1) is 20.2. The Morgan fingerprint density at radius 3 is 2.28 bits per heavy atom. The van der Waals surface area contributed by atoms with Crippen molar-refractivity contribution in [3.05, 3.63) is 71.4 Å². The van der Waals surface area contributed by atoms with Gasteiger partial charge in [0.1, 0.15) is 11.5 Å². The van der Waals surface area contributed by atoms with Crippen LogP contribution in [0, 0.1) is 0 Å². The van der Waals surface area contributed by atoms with Gasteiger partial charge in [-0.05, 0) is 28.7 Å². The SMILES string of the molecule is CC(C)(C)c1ccc(Cn2cc(/C(O)=C/C(=O)C(=O)O)c3c(O)cccc32)cc1. The second-order valence-corrected chi connectivity index (χ2v) is 7.99. The molecule has 0 aliphatic carbocycles. The number of aromatic hydroxyl groups is 1. The molecule has 0 bridgehead atoms. The van der Waals surface area contributed by atoms with Gasteiger partial charge in [-0.2, -0.15) is 0 Å². The minimum absolute atomic E-state index is 0.0465. The van der Waals surface area contributed by atoms with Crippen LogP contribution in [0.15, 0.2) is 54.7 Å². The molecule has 0 aliphatic heterocycles. The fraction of sp³-hybridized carbons (Fsp3) is 0.217. The molecule has 3 rings (SSSR count). The van der Waals surface area contributed by atoms with E-state index in [4.69, 9.17) is 5.11 Å². The van der Waals surface area contributed by atoms with Gasteiger partial charge in [-0.1, -0.05) is 51.1 Å². The van der Waals surface area contributed by atoms with Crippen LogP contribution in [0.1, 0.15) is 37.5 Å². The summed E-state index contributed by atoms with van der Waals surface area (Å²) < 4.78 is 1.84. The predicted molar refractivity (Wildman–Crippen MR) is 111 cm³/mol. The van der Waals surface area contributed by atoms with Gasteiger partial charge in [0, 0.05) is 24.4 Å². The largest absolute Gasteiger partial charge is 0.507 e. The Bertz CT molecular complexity index is 1110. The number of fused-ring (bicyclic) bond motifs is 1. The molecule has 150 valence electrons. The molecular weight excluding hydrogens is 370 g/mol. The second-order valence-electron chi connectivity index (χ2n) is 7.99. The van der Waals surface area contributed by atoms with Crippen molar-refractivity contribution in [2.45, 2.75) is 32.7 Å². The fourth-order valence-corrected chi connectivity index (χ4v) is 3.23. The van der Waals surface area contributed by atoms with Gasteiger partial charge in [0.15, 0.2) is 0 Å². The molecule has 0 amide bonds. The van der Waals surface area contributed by atoms with Crippen molar-refractivity contribution in [3.8, 4) is 5.75 Å². The molecule has 2 aromatic carbocycles. The normalized spacial score (nSPS) is 12.3. The molecule has 0 unspecified atom stereocenters. The molecule has 0 saturated carbocycles. The summed E-state index contributed by atoms with van der Waals surface area (Å²) in [5.74, 6) is -3.48. The number of aliphatic carboxylic acids is 1. The highest BCUT2D eigenvalue weighted by Crippen LogP contribution is 2.33. The molecule has 1 heterocycles. The lowest BCUT2D eigenvalue weighted by molar-refractivity contribution is -0.146. The second kappa shape index (κ2) is 7.47. The van der Waals surface area contributed by atoms with Gasteiger partial charge in [0.25, 0.3) is 5.78 Å². The van der Waals surface area contributed by atoms with Crippen molar-refractivity contribution in [2.24, 2.45) is 0 Å². The zero-order valence-electron chi connectivity index (χ0n) is 16.5. The van der Waals surface area contributed by atoms with Gasteiger partial charge in [-0.25, -0.2) is 4.79 Å². The van der Waals surface area contributed by atoms with Gasteiger partial charge >= 0.3 is 5.97 Å². The average molecular weight is 393 g/mol. The van der Waals surface area contributed by atoms with Gasteiger partial charge in [-0.3, -0.25) is 4.79 Å². The molecule has 6 heteroatoms. The average Bonchev–Trinajstić information content (AvgIpc) is 3.01. The summed E-state index contributed by atoms with van der Waals surface area (Å²) in [5.41, 5.74) is 3.13. The lowest BCUT2D eigenvalue weighted by Gasteiger charge is -2.19. The third-order valence-corrected chi connectivity index (χ3v) is 4.81. The van der Waals surface area contributed by atoms with Crippen LogP contribution in [0.5, 0.6) is 5.75 Å². The highest BCUT2D eigenvalue weighted by atomic mass is 16.4. The monoisotopic (exact) mass is 393 g/mol. The molecule has 1 aromatic heterocycles. The van der Waals surface area contributed by atoms with E-state index < -0.39 is 17.5 Å². The number of aromatic nitrogens is 1. The van der Waals surface area contributed by atoms with Crippen molar-refractivity contribution in [2.75, 3.05) is 0 Å². The van der Waals surface area contributed by atoms with Gasteiger partial charge in [-0.15, -0.1) is 0 Å². The Hall–Kier alpha value is -3.54. The third-order valence-electron chi connectivity index (χ3n) is 4.81. The first-order chi connectivity index (χ1) is 13.6. The summed E-state index contributed by atoms with van der Waals surface area (Å²) in [5, 5.41) is 29.7. The molecule has 3 aromatic rings. The number of phenols is 1. The van der Waals surface area contributed by atoms with Crippen LogP contribution < -0.4 is 0 Å². The minimum Gasteiger partial charge on any atom is -0.507 e. The van der Waals surface area contributed by atoms with Gasteiger partial charge in [0.2, 0.25) is 0 Å². The van der Waals surface area contributed by atoms with Crippen molar-refractivity contribution >= 4 is 28.4 Å². The number of ketones is 1. The Morgan fingerprint density at radius 2 is 1.69 bits per heavy atom. The highest BCUT2D eigenvalue weighted by Gasteiger charge is 2.18. The fourth-order valence-electron chi connectivity index (χ4n) is 3.23. The molecule has 0 radical (unpaired) electrons. The van der Waals surface area contributed by atoms with Crippen LogP contribution in [0.4, 0.5) is 0 Å². The number of aliphatic hydroxyl groups is 1. The van der Waals surface area contributed by atoms with Gasteiger partial charge in [0.05, 0.1) is 10.9 Å². The van der Waals surface area contributed by atoms with Crippen LogP contribution in [-0.2, 0) is 21.5 Å². The van der Waals surface area contributed by atoms with Crippen LogP contribution >= 0.6 is 0 Å². The number of aliphatic hydroxyl groups excluding tert-OH is 1. The number of phenolic OH excluding ortho intramolecular Hbond substituents is 1. The van der Waals surface area contributed by atoms with Crippen molar-refractivity contribution in [1.82, 2.24) is 4.57 Å². The maximum atomic E-state index is 11.5. The van der Waals surface area contributed by atoms with E-state index in [1.54, 1.807) is 18.3 Å². The Labute approximate surface area is 168 Å². The standard InChI is InChI=1S/C23H23NO5/c1-23(2,3)15-9-7-14(8-10-15)12-24-13-16(19(26)11-20(27)22(28)29)21-17(24)5-4-6-18(21)25/h4-11,13,25-26H,12H2,1-3H3,(H,28,29)/b19-11-. The van der Waals surface area contributed by atoms with Crippen molar-refractivity contribution in [1.29, 1.82) is 0 Å². The highest BCUT2D eigenvalue weighted by molar-refractivity contribution is 6.38. The van der Waals surface area contributed by atoms with Crippen LogP contribution in [0.25, 0.3) is 16.7 Å². The number of carbonyl (C=O) groups excluding carboxylic acids is 1. The first-order valence-electron chi connectivity index (χ1n) is 9.16. The lowest BCUT2D eigenvalue weighted by atomic mass is 9.87. The van der Waals surface area contributed by atoms with E-state index in [2.05, 4.69) is 32.9 Å². The number of hydrogen-bond donors (Lipinski definition) is 3.